The van der Waals surface area contributed by atoms with E-state index >= 15 is 0 Å². The maximum absolute atomic E-state index is 7.86. The van der Waals surface area contributed by atoms with Crippen LogP contribution in [0.5, 0.6) is 0 Å². The zero-order chi connectivity index (χ0) is 7.11. The molecule has 0 aliphatic heterocycles. The van der Waals surface area contributed by atoms with Gasteiger partial charge in [0.15, 0.2) is 0 Å². The van der Waals surface area contributed by atoms with Crippen LogP contribution in [0.15, 0.2) is 5.11 Å². The monoisotopic (exact) mass is 128 g/mol. The van der Waals surface area contributed by atoms with Crippen molar-refractivity contribution in [1.82, 2.24) is 5.32 Å². The fraction of sp³-hybridized carbons (Fsp3) is 1.00. The molecule has 9 heavy (non-hydrogen) atoms. The predicted octanol–water partition coefficient (Wildman–Crippen LogP) is 1.29. The van der Waals surface area contributed by atoms with Crippen molar-refractivity contribution in [3.63, 3.8) is 0 Å². The van der Waals surface area contributed by atoms with E-state index in [-0.39, 0.29) is 0 Å². The molecule has 0 aromatic carbocycles. The average molecular weight is 128 g/mol. The largest absolute Gasteiger partial charge is 0.314 e. The van der Waals surface area contributed by atoms with Crippen LogP contribution in [0.1, 0.15) is 13.8 Å². The molecule has 4 heteroatoms. The Morgan fingerprint density at radius 1 is 1.67 bits per heavy atom. The molecule has 0 aliphatic rings. The Labute approximate surface area is 54.9 Å². The molecule has 0 bridgehead atoms. The van der Waals surface area contributed by atoms with E-state index in [4.69, 9.17) is 5.53 Å². The van der Waals surface area contributed by atoms with Gasteiger partial charge in [-0.2, -0.15) is 0 Å². The van der Waals surface area contributed by atoms with Crippen molar-refractivity contribution in [3.8, 4) is 0 Å². The molecule has 0 aromatic heterocycles. The zero-order valence-electron chi connectivity index (χ0n) is 5.83. The van der Waals surface area contributed by atoms with Crippen LogP contribution in [0.4, 0.5) is 0 Å². The van der Waals surface area contributed by atoms with Gasteiger partial charge in [-0.3, -0.25) is 0 Å². The molecular formula is C5H12N4. The van der Waals surface area contributed by atoms with Gasteiger partial charge in [-0.25, -0.2) is 0 Å². The molecule has 0 amide bonds. The van der Waals surface area contributed by atoms with Crippen molar-refractivity contribution in [3.05, 3.63) is 10.4 Å². The number of hydrogen-bond donors (Lipinski definition) is 1. The van der Waals surface area contributed by atoms with E-state index in [0.29, 0.717) is 12.6 Å². The molecule has 0 saturated carbocycles. The second-order valence-electron chi connectivity index (χ2n) is 2.06. The van der Waals surface area contributed by atoms with Crippen molar-refractivity contribution in [2.75, 3.05) is 13.1 Å². The highest BCUT2D eigenvalue weighted by molar-refractivity contribution is 4.54. The van der Waals surface area contributed by atoms with Crippen LogP contribution in [0.25, 0.3) is 10.4 Å². The van der Waals surface area contributed by atoms with Crippen molar-refractivity contribution in [2.45, 2.75) is 19.9 Å². The minimum atomic E-state index is 0.471. The maximum Gasteiger partial charge on any atom is 0.0383 e. The fourth-order valence-corrected chi connectivity index (χ4v) is 0.448. The summed E-state index contributed by atoms with van der Waals surface area (Å²) in [5.41, 5.74) is 7.86. The van der Waals surface area contributed by atoms with Crippen LogP contribution in [0, 0.1) is 0 Å². The second-order valence-corrected chi connectivity index (χ2v) is 2.06. The molecule has 0 saturated heterocycles. The summed E-state index contributed by atoms with van der Waals surface area (Å²) in [5.74, 6) is 0. The normalized spacial score (nSPS) is 9.22. The molecule has 0 spiro atoms. The molecule has 0 unspecified atom stereocenters. The Morgan fingerprint density at radius 3 is 2.78 bits per heavy atom. The van der Waals surface area contributed by atoms with Gasteiger partial charge in [0.05, 0.1) is 0 Å². The smallest absolute Gasteiger partial charge is 0.0383 e. The SMILES string of the molecule is CC(C)NCCN=[N+]=[N-]. The van der Waals surface area contributed by atoms with Gasteiger partial charge in [-0.1, -0.05) is 19.0 Å². The maximum atomic E-state index is 7.86. The van der Waals surface area contributed by atoms with Gasteiger partial charge in [0.25, 0.3) is 0 Å². The third kappa shape index (κ3) is 7.27. The Balaban J connectivity index is 3.00. The molecule has 1 N–H and O–H groups in total. The molecular weight excluding hydrogens is 116 g/mol. The summed E-state index contributed by atoms with van der Waals surface area (Å²) in [6.45, 7) is 5.41. The highest BCUT2D eigenvalue weighted by Crippen LogP contribution is 1.75. The van der Waals surface area contributed by atoms with Crippen LogP contribution in [-0.2, 0) is 0 Å². The number of nitrogens with one attached hydrogen (secondary N) is 1. The Bertz CT molecular complexity index is 104. The van der Waals surface area contributed by atoms with E-state index in [2.05, 4.69) is 29.2 Å². The first kappa shape index (κ1) is 8.27. The second kappa shape index (κ2) is 5.41. The Morgan fingerprint density at radius 2 is 2.33 bits per heavy atom. The number of azide groups is 1. The van der Waals surface area contributed by atoms with Gasteiger partial charge in [-0.15, -0.1) is 0 Å². The van der Waals surface area contributed by atoms with Crippen LogP contribution in [0.2, 0.25) is 0 Å². The van der Waals surface area contributed by atoms with Gasteiger partial charge >= 0.3 is 0 Å². The molecule has 0 radical (unpaired) electrons. The third-order valence-electron chi connectivity index (χ3n) is 0.828. The van der Waals surface area contributed by atoms with Gasteiger partial charge < -0.3 is 5.32 Å². The van der Waals surface area contributed by atoms with E-state index < -0.39 is 0 Å². The van der Waals surface area contributed by atoms with Gasteiger partial charge in [0.1, 0.15) is 0 Å². The first-order chi connectivity index (χ1) is 4.27. The molecule has 52 valence electrons. The molecule has 0 rings (SSSR count). The zero-order valence-corrected chi connectivity index (χ0v) is 5.83. The summed E-state index contributed by atoms with van der Waals surface area (Å²) >= 11 is 0. The third-order valence-corrected chi connectivity index (χ3v) is 0.828. The lowest BCUT2D eigenvalue weighted by Gasteiger charge is -2.03. The van der Waals surface area contributed by atoms with Crippen LogP contribution >= 0.6 is 0 Å². The lowest BCUT2D eigenvalue weighted by Crippen LogP contribution is -2.25. The van der Waals surface area contributed by atoms with E-state index in [9.17, 15) is 0 Å². The van der Waals surface area contributed by atoms with Gasteiger partial charge in [0, 0.05) is 24.0 Å². The summed E-state index contributed by atoms with van der Waals surface area (Å²) in [5, 5.41) is 6.48. The van der Waals surface area contributed by atoms with Gasteiger partial charge in [0.2, 0.25) is 0 Å². The highest BCUT2D eigenvalue weighted by atomic mass is 15.1. The lowest BCUT2D eigenvalue weighted by atomic mass is 10.4. The van der Waals surface area contributed by atoms with Crippen LogP contribution in [0.3, 0.4) is 0 Å². The molecule has 0 fully saturated rings. The molecule has 4 nitrogen and oxygen atoms in total. The first-order valence-electron chi connectivity index (χ1n) is 3.01. The van der Waals surface area contributed by atoms with Crippen LogP contribution in [-0.4, -0.2) is 19.1 Å². The van der Waals surface area contributed by atoms with E-state index in [0.717, 1.165) is 6.54 Å². The number of hydrogen-bond acceptors (Lipinski definition) is 2. The molecule has 0 atom stereocenters. The van der Waals surface area contributed by atoms with E-state index in [1.165, 1.54) is 0 Å². The van der Waals surface area contributed by atoms with Gasteiger partial charge in [-0.05, 0) is 5.53 Å². The van der Waals surface area contributed by atoms with E-state index in [1.54, 1.807) is 0 Å². The molecule has 0 heterocycles. The lowest BCUT2D eigenvalue weighted by molar-refractivity contribution is 0.595. The summed E-state index contributed by atoms with van der Waals surface area (Å²) in [6, 6.07) is 0.471. The minimum Gasteiger partial charge on any atom is -0.314 e. The molecule has 0 aromatic rings. The minimum absolute atomic E-state index is 0.471. The van der Waals surface area contributed by atoms with Crippen molar-refractivity contribution >= 4 is 0 Å². The first-order valence-corrected chi connectivity index (χ1v) is 3.01. The highest BCUT2D eigenvalue weighted by Gasteiger charge is 1.87. The summed E-state index contributed by atoms with van der Waals surface area (Å²) in [7, 11) is 0. The Hall–Kier alpha value is -0.730. The number of nitrogens with zero attached hydrogens (tertiary/aromatic N) is 3. The fourth-order valence-electron chi connectivity index (χ4n) is 0.448. The van der Waals surface area contributed by atoms with Crippen LogP contribution < -0.4 is 5.32 Å². The average Bonchev–Trinajstić information content (AvgIpc) is 1.80. The molecule has 0 aliphatic carbocycles. The quantitative estimate of drug-likeness (QED) is 0.264. The summed E-state index contributed by atoms with van der Waals surface area (Å²) < 4.78 is 0. The topological polar surface area (TPSA) is 60.8 Å². The van der Waals surface area contributed by atoms with E-state index in [1.807, 2.05) is 0 Å². The predicted molar refractivity (Wildman–Crippen MR) is 37.2 cm³/mol. The Kier molecular flexibility index (Phi) is 4.97. The standard InChI is InChI=1S/C5H12N4/c1-5(2)7-3-4-8-9-6/h5,7H,3-4H2,1-2H3. The summed E-state index contributed by atoms with van der Waals surface area (Å²) in [4.78, 5) is 2.62. The van der Waals surface area contributed by atoms with Crippen molar-refractivity contribution < 1.29 is 0 Å². The summed E-state index contributed by atoms with van der Waals surface area (Å²) in [6.07, 6.45) is 0. The van der Waals surface area contributed by atoms with Crippen molar-refractivity contribution in [2.24, 2.45) is 5.11 Å². The van der Waals surface area contributed by atoms with Crippen molar-refractivity contribution in [1.29, 1.82) is 0 Å². The number of rotatable bonds is 4.